The molecule has 0 amide bonds. The van der Waals surface area contributed by atoms with Crippen molar-refractivity contribution < 1.29 is 9.47 Å². The van der Waals surface area contributed by atoms with E-state index in [2.05, 4.69) is 39.8 Å². The molecule has 2 heteroatoms. The molecule has 0 N–H and O–H groups in total. The fourth-order valence-corrected chi connectivity index (χ4v) is 11.6. The molecule has 1 heterocycles. The lowest BCUT2D eigenvalue weighted by molar-refractivity contribution is -0.0189. The van der Waals surface area contributed by atoms with E-state index in [0.29, 0.717) is 10.8 Å². The van der Waals surface area contributed by atoms with Gasteiger partial charge in [-0.2, -0.15) is 0 Å². The van der Waals surface area contributed by atoms with Gasteiger partial charge in [-0.1, -0.05) is 26.8 Å². The standard InChI is InChI=1S/C34H48O2/c1-20(30-19-35-30)36-29-12-27(32(2,3)4)11-28(33-13-21-5-22(14-33)7-23(6-21)15-33)31(29)34-16-24-8-25(17-34)10-26(9-24)18-34/h11-12,20-26,30H,5-10,13-19H2,1-4H3. The lowest BCUT2D eigenvalue weighted by atomic mass is 9.44. The molecule has 196 valence electrons. The molecule has 8 saturated carbocycles. The van der Waals surface area contributed by atoms with E-state index in [0.717, 1.165) is 42.1 Å². The summed E-state index contributed by atoms with van der Waals surface area (Å²) in [4.78, 5) is 0. The summed E-state index contributed by atoms with van der Waals surface area (Å²) >= 11 is 0. The first-order valence-corrected chi connectivity index (χ1v) is 15.7. The van der Waals surface area contributed by atoms with Gasteiger partial charge in [-0.3, -0.25) is 0 Å². The zero-order valence-corrected chi connectivity index (χ0v) is 23.3. The van der Waals surface area contributed by atoms with Gasteiger partial charge < -0.3 is 9.47 Å². The van der Waals surface area contributed by atoms with Crippen LogP contribution in [0.3, 0.4) is 0 Å². The quantitative estimate of drug-likeness (QED) is 0.391. The Hall–Kier alpha value is -1.02. The number of rotatable bonds is 5. The lowest BCUT2D eigenvalue weighted by Crippen LogP contribution is -2.52. The highest BCUT2D eigenvalue weighted by Crippen LogP contribution is 2.67. The first kappa shape index (κ1) is 22.9. The van der Waals surface area contributed by atoms with E-state index >= 15 is 0 Å². The van der Waals surface area contributed by atoms with Crippen molar-refractivity contribution >= 4 is 0 Å². The molecular weight excluding hydrogens is 440 g/mol. The highest BCUT2D eigenvalue weighted by atomic mass is 16.6. The van der Waals surface area contributed by atoms with Crippen molar-refractivity contribution in [3.8, 4) is 5.75 Å². The molecule has 0 spiro atoms. The summed E-state index contributed by atoms with van der Waals surface area (Å²) in [5, 5.41) is 0. The Kier molecular flexibility index (Phi) is 4.80. The highest BCUT2D eigenvalue weighted by molar-refractivity contribution is 5.55. The number of hydrogen-bond acceptors (Lipinski definition) is 2. The van der Waals surface area contributed by atoms with Crippen molar-refractivity contribution in [2.45, 2.75) is 133 Å². The molecule has 9 aliphatic rings. The first-order chi connectivity index (χ1) is 17.2. The summed E-state index contributed by atoms with van der Waals surface area (Å²) < 4.78 is 12.8. The van der Waals surface area contributed by atoms with Crippen LogP contribution in [0.2, 0.25) is 0 Å². The fraction of sp³-hybridized carbons (Fsp3) is 0.824. The summed E-state index contributed by atoms with van der Waals surface area (Å²) in [5.74, 6) is 7.07. The maximum Gasteiger partial charge on any atom is 0.124 e. The summed E-state index contributed by atoms with van der Waals surface area (Å²) in [6.07, 6.45) is 18.2. The highest BCUT2D eigenvalue weighted by Gasteiger charge is 2.58. The van der Waals surface area contributed by atoms with Crippen LogP contribution >= 0.6 is 0 Å². The Morgan fingerprint density at radius 2 is 1.19 bits per heavy atom. The smallest absolute Gasteiger partial charge is 0.124 e. The van der Waals surface area contributed by atoms with Crippen molar-refractivity contribution in [1.82, 2.24) is 0 Å². The van der Waals surface area contributed by atoms with Crippen molar-refractivity contribution in [2.75, 3.05) is 6.61 Å². The molecule has 8 aliphatic carbocycles. The Labute approximate surface area is 219 Å². The van der Waals surface area contributed by atoms with E-state index in [4.69, 9.17) is 9.47 Å². The lowest BCUT2D eigenvalue weighted by Gasteiger charge is -2.61. The number of epoxide rings is 1. The molecule has 1 aromatic rings. The van der Waals surface area contributed by atoms with Gasteiger partial charge in [0.05, 0.1) is 6.61 Å². The maximum absolute atomic E-state index is 7.07. The number of hydrogen-bond donors (Lipinski definition) is 0. The van der Waals surface area contributed by atoms with Crippen LogP contribution in [0, 0.1) is 35.5 Å². The molecule has 0 radical (unpaired) electrons. The normalized spacial score (nSPS) is 46.8. The molecule has 0 aromatic heterocycles. The van der Waals surface area contributed by atoms with Crippen LogP contribution in [-0.2, 0) is 21.0 Å². The number of ether oxygens (including phenoxy) is 2. The van der Waals surface area contributed by atoms with E-state index in [1.807, 2.05) is 0 Å². The second-order valence-electron chi connectivity index (χ2n) is 16.2. The molecule has 8 bridgehead atoms. The van der Waals surface area contributed by atoms with E-state index < -0.39 is 0 Å². The third kappa shape index (κ3) is 3.51. The molecular formula is C34H48O2. The van der Waals surface area contributed by atoms with E-state index in [1.165, 1.54) is 88.4 Å². The minimum Gasteiger partial charge on any atom is -0.488 e. The Bertz CT molecular complexity index is 985. The van der Waals surface area contributed by atoms with Crippen LogP contribution in [0.25, 0.3) is 0 Å². The van der Waals surface area contributed by atoms with Crippen LogP contribution in [0.1, 0.15) is 121 Å². The average molecular weight is 489 g/mol. The van der Waals surface area contributed by atoms with E-state index in [1.54, 1.807) is 11.1 Å². The molecule has 2 unspecified atom stereocenters. The summed E-state index contributed by atoms with van der Waals surface area (Å²) in [6.45, 7) is 10.4. The van der Waals surface area contributed by atoms with Crippen LogP contribution in [0.15, 0.2) is 12.1 Å². The van der Waals surface area contributed by atoms with Gasteiger partial charge in [0.2, 0.25) is 0 Å². The van der Waals surface area contributed by atoms with Gasteiger partial charge in [-0.25, -0.2) is 0 Å². The van der Waals surface area contributed by atoms with Crippen LogP contribution in [0.5, 0.6) is 5.75 Å². The first-order valence-electron chi connectivity index (χ1n) is 15.7. The van der Waals surface area contributed by atoms with Crippen molar-refractivity contribution in [3.05, 3.63) is 28.8 Å². The van der Waals surface area contributed by atoms with E-state index in [-0.39, 0.29) is 17.6 Å². The SMILES string of the molecule is CC(Oc1cc(C(C)(C)C)cc(C23CC4CC(CC(C4)C2)C3)c1C12CC3CC(CC(C3)C1)C2)C1CO1. The predicted octanol–water partition coefficient (Wildman–Crippen LogP) is 8.09. The minimum absolute atomic E-state index is 0.133. The van der Waals surface area contributed by atoms with Crippen molar-refractivity contribution in [2.24, 2.45) is 35.5 Å². The molecule has 1 saturated heterocycles. The van der Waals surface area contributed by atoms with Gasteiger partial charge in [0.1, 0.15) is 18.0 Å². The third-order valence-electron chi connectivity index (χ3n) is 12.3. The van der Waals surface area contributed by atoms with Crippen molar-refractivity contribution in [3.63, 3.8) is 0 Å². The number of benzene rings is 1. The molecule has 36 heavy (non-hydrogen) atoms. The maximum atomic E-state index is 7.07. The second kappa shape index (κ2) is 7.55. The summed E-state index contributed by atoms with van der Waals surface area (Å²) in [6, 6.07) is 5.27. The second-order valence-corrected chi connectivity index (χ2v) is 16.2. The Morgan fingerprint density at radius 3 is 1.61 bits per heavy atom. The zero-order chi connectivity index (χ0) is 24.4. The van der Waals surface area contributed by atoms with Crippen LogP contribution < -0.4 is 4.74 Å². The molecule has 9 fully saturated rings. The molecule has 1 aromatic carbocycles. The molecule has 1 aliphatic heterocycles. The van der Waals surface area contributed by atoms with Gasteiger partial charge >= 0.3 is 0 Å². The minimum atomic E-state index is 0.133. The van der Waals surface area contributed by atoms with Crippen LogP contribution in [-0.4, -0.2) is 18.8 Å². The van der Waals surface area contributed by atoms with Gasteiger partial charge in [0.25, 0.3) is 0 Å². The monoisotopic (exact) mass is 488 g/mol. The average Bonchev–Trinajstić information content (AvgIpc) is 3.62. The van der Waals surface area contributed by atoms with Crippen LogP contribution in [0.4, 0.5) is 0 Å². The van der Waals surface area contributed by atoms with Gasteiger partial charge in [0.15, 0.2) is 0 Å². The Balaban J connectivity index is 1.34. The zero-order valence-electron chi connectivity index (χ0n) is 23.3. The van der Waals surface area contributed by atoms with Crippen molar-refractivity contribution in [1.29, 1.82) is 0 Å². The van der Waals surface area contributed by atoms with Gasteiger partial charge in [0, 0.05) is 11.0 Å². The Morgan fingerprint density at radius 1 is 0.750 bits per heavy atom. The fourth-order valence-electron chi connectivity index (χ4n) is 11.6. The third-order valence-corrected chi connectivity index (χ3v) is 12.3. The molecule has 2 atom stereocenters. The predicted molar refractivity (Wildman–Crippen MR) is 145 cm³/mol. The molecule has 10 rings (SSSR count). The molecule has 2 nitrogen and oxygen atoms in total. The van der Waals surface area contributed by atoms with Gasteiger partial charge in [-0.05, 0) is 148 Å². The largest absolute Gasteiger partial charge is 0.488 e. The summed E-state index contributed by atoms with van der Waals surface area (Å²) in [7, 11) is 0. The topological polar surface area (TPSA) is 21.8 Å². The van der Waals surface area contributed by atoms with Gasteiger partial charge in [-0.15, -0.1) is 0 Å². The van der Waals surface area contributed by atoms with E-state index in [9.17, 15) is 0 Å². The summed E-state index contributed by atoms with van der Waals surface area (Å²) in [5.41, 5.74) is 5.92.